The van der Waals surface area contributed by atoms with Crippen molar-refractivity contribution in [2.45, 2.75) is 45.2 Å². The van der Waals surface area contributed by atoms with Gasteiger partial charge < -0.3 is 25.3 Å². The Labute approximate surface area is 173 Å². The topological polar surface area (TPSA) is 118 Å². The highest BCUT2D eigenvalue weighted by atomic mass is 16.3. The number of aliphatic hydroxyl groups excluding tert-OH is 1. The quantitative estimate of drug-likeness (QED) is 0.463. The molecule has 3 aromatic heterocycles. The molecule has 0 saturated heterocycles. The van der Waals surface area contributed by atoms with E-state index in [2.05, 4.69) is 20.6 Å². The van der Waals surface area contributed by atoms with E-state index in [0.29, 0.717) is 27.3 Å². The lowest BCUT2D eigenvalue weighted by molar-refractivity contribution is -0.494. The van der Waals surface area contributed by atoms with Gasteiger partial charge in [0.05, 0.1) is 16.0 Å². The van der Waals surface area contributed by atoms with E-state index >= 15 is 0 Å². The van der Waals surface area contributed by atoms with Crippen molar-refractivity contribution >= 4 is 28.2 Å². The summed E-state index contributed by atoms with van der Waals surface area (Å²) in [5, 5.41) is 17.3. The van der Waals surface area contributed by atoms with E-state index in [1.807, 2.05) is 19.9 Å². The maximum Gasteiger partial charge on any atom is 0.268 e. The van der Waals surface area contributed by atoms with E-state index in [1.54, 1.807) is 16.8 Å². The largest absolute Gasteiger partial charge is 0.396 e. The molecule has 30 heavy (non-hydrogen) atoms. The molecule has 0 aromatic carbocycles. The number of nitrogens with one attached hydrogen (secondary N) is 3. The molecule has 1 fully saturated rings. The van der Waals surface area contributed by atoms with Crippen LogP contribution in [0.25, 0.3) is 10.8 Å². The van der Waals surface area contributed by atoms with Crippen LogP contribution in [0.3, 0.4) is 0 Å². The summed E-state index contributed by atoms with van der Waals surface area (Å²) < 4.78 is 2.38. The van der Waals surface area contributed by atoms with Gasteiger partial charge in [0.25, 0.3) is 11.8 Å². The molecular weight excluding hydrogens is 384 g/mol. The Morgan fingerprint density at radius 2 is 2.23 bits per heavy atom. The van der Waals surface area contributed by atoms with Crippen LogP contribution in [-0.2, 0) is 0 Å². The second-order valence-corrected chi connectivity index (χ2v) is 8.13. The normalized spacial score (nSPS) is 18.8. The molecular formula is C21H27N6O3+. The van der Waals surface area contributed by atoms with E-state index in [1.165, 1.54) is 18.6 Å². The van der Waals surface area contributed by atoms with Gasteiger partial charge in [-0.3, -0.25) is 4.79 Å². The molecule has 1 aliphatic rings. The number of pyridine rings is 2. The minimum atomic E-state index is -0.0931. The van der Waals surface area contributed by atoms with Crippen molar-refractivity contribution in [3.05, 3.63) is 52.2 Å². The molecule has 158 valence electrons. The van der Waals surface area contributed by atoms with Gasteiger partial charge in [-0.25, -0.2) is 4.98 Å². The van der Waals surface area contributed by atoms with Gasteiger partial charge in [0.15, 0.2) is 5.82 Å². The molecule has 9 heteroatoms. The first kappa shape index (κ1) is 20.1. The standard InChI is InChI=1S/C21H26N6O3/c1-13(2)27-7-5-15-10-17(24-18-11-26(30)8-6-22-18)25-20(19(15)21(27)29)23-16-4-3-14(9-16)12-28/h5-8,10-11,13-14,16,28H,3-4,9,12H2,1-2H3,(H2-,22,23,24,25,29,30)/p+1/t14-,16+/m1/s1. The zero-order chi connectivity index (χ0) is 21.3. The molecule has 1 aliphatic carbocycles. The van der Waals surface area contributed by atoms with E-state index in [-0.39, 0.29) is 30.2 Å². The highest BCUT2D eigenvalue weighted by Crippen LogP contribution is 2.30. The van der Waals surface area contributed by atoms with Crippen LogP contribution in [-0.4, -0.2) is 32.3 Å². The third-order valence-electron chi connectivity index (χ3n) is 5.59. The summed E-state index contributed by atoms with van der Waals surface area (Å²) in [6.45, 7) is 4.11. The lowest BCUT2D eigenvalue weighted by Gasteiger charge is -2.18. The van der Waals surface area contributed by atoms with Gasteiger partial charge in [0.2, 0.25) is 6.20 Å². The predicted octanol–water partition coefficient (Wildman–Crippen LogP) is 2.54. The molecule has 2 atom stereocenters. The maximum atomic E-state index is 13.2. The number of aromatic amines is 1. The van der Waals surface area contributed by atoms with Gasteiger partial charge in [-0.1, -0.05) is 0 Å². The molecule has 0 spiro atoms. The summed E-state index contributed by atoms with van der Waals surface area (Å²) in [4.78, 5) is 32.4. The van der Waals surface area contributed by atoms with Gasteiger partial charge in [0.1, 0.15) is 11.6 Å². The van der Waals surface area contributed by atoms with Crippen LogP contribution in [0.15, 0.2) is 41.7 Å². The third-order valence-corrected chi connectivity index (χ3v) is 5.59. The minimum absolute atomic E-state index is 0.0317. The molecule has 0 unspecified atom stereocenters. The smallest absolute Gasteiger partial charge is 0.268 e. The number of hydrogen-bond acceptors (Lipinski definition) is 6. The Kier molecular flexibility index (Phi) is 5.54. The number of hydrogen-bond donors (Lipinski definition) is 4. The zero-order valence-corrected chi connectivity index (χ0v) is 17.1. The Hall–Kier alpha value is -3.20. The Morgan fingerprint density at radius 3 is 2.93 bits per heavy atom. The molecule has 3 aromatic rings. The number of anilines is 3. The molecule has 0 bridgehead atoms. The van der Waals surface area contributed by atoms with Gasteiger partial charge in [0, 0.05) is 29.8 Å². The zero-order valence-electron chi connectivity index (χ0n) is 17.1. The van der Waals surface area contributed by atoms with Crippen LogP contribution in [0.2, 0.25) is 0 Å². The molecule has 9 nitrogen and oxygen atoms in total. The summed E-state index contributed by atoms with van der Waals surface area (Å²) in [7, 11) is 0. The van der Waals surface area contributed by atoms with Crippen molar-refractivity contribution < 1.29 is 9.53 Å². The SMILES string of the molecule is CC(C)n1ccc2cc(Nc3c[n+](=O)cc[nH]3)nc(N[C@H]3CC[C@@H](CO)C3)c2c1=O. The van der Waals surface area contributed by atoms with Gasteiger partial charge in [-0.2, -0.15) is 0 Å². The molecule has 0 radical (unpaired) electrons. The summed E-state index contributed by atoms with van der Waals surface area (Å²) in [6.07, 6.45) is 8.76. The average Bonchev–Trinajstić information content (AvgIpc) is 3.15. The van der Waals surface area contributed by atoms with Crippen molar-refractivity contribution in [2.24, 2.45) is 5.92 Å². The first-order valence-electron chi connectivity index (χ1n) is 10.3. The number of aromatic nitrogens is 4. The molecule has 0 amide bonds. The number of fused-ring (bicyclic) bond motifs is 1. The number of H-pyrrole nitrogens is 1. The summed E-state index contributed by atoms with van der Waals surface area (Å²) in [5.74, 6) is 1.80. The van der Waals surface area contributed by atoms with Crippen LogP contribution >= 0.6 is 0 Å². The fraction of sp³-hybridized carbons (Fsp3) is 0.429. The van der Waals surface area contributed by atoms with Crippen LogP contribution in [0.5, 0.6) is 0 Å². The molecule has 3 heterocycles. The highest BCUT2D eigenvalue weighted by Gasteiger charge is 2.25. The maximum absolute atomic E-state index is 13.2. The predicted molar refractivity (Wildman–Crippen MR) is 116 cm³/mol. The Balaban J connectivity index is 1.78. The fourth-order valence-electron chi connectivity index (χ4n) is 4.03. The number of aliphatic hydroxyl groups is 1. The lowest BCUT2D eigenvalue weighted by Crippen LogP contribution is -2.24. The summed E-state index contributed by atoms with van der Waals surface area (Å²) >= 11 is 0. The average molecular weight is 411 g/mol. The van der Waals surface area contributed by atoms with Crippen LogP contribution in [0.1, 0.15) is 39.2 Å². The lowest BCUT2D eigenvalue weighted by atomic mass is 10.1. The minimum Gasteiger partial charge on any atom is -0.396 e. The van der Waals surface area contributed by atoms with E-state index in [9.17, 15) is 14.8 Å². The summed E-state index contributed by atoms with van der Waals surface area (Å²) in [5.41, 5.74) is -0.0931. The Morgan fingerprint density at radius 1 is 1.40 bits per heavy atom. The number of rotatable bonds is 6. The molecule has 4 rings (SSSR count). The van der Waals surface area contributed by atoms with Crippen LogP contribution < -0.4 is 20.6 Å². The first-order chi connectivity index (χ1) is 14.4. The fourth-order valence-corrected chi connectivity index (χ4v) is 4.03. The Bertz CT molecular complexity index is 1170. The van der Waals surface area contributed by atoms with Crippen LogP contribution in [0, 0.1) is 10.8 Å². The van der Waals surface area contributed by atoms with Gasteiger partial charge in [-0.05, 0) is 56.5 Å². The van der Waals surface area contributed by atoms with Crippen LogP contribution in [0.4, 0.5) is 17.5 Å². The summed E-state index contributed by atoms with van der Waals surface area (Å²) in [6, 6.07) is 3.88. The van der Waals surface area contributed by atoms with E-state index in [0.717, 1.165) is 24.6 Å². The second kappa shape index (κ2) is 8.27. The van der Waals surface area contributed by atoms with E-state index < -0.39 is 0 Å². The second-order valence-electron chi connectivity index (χ2n) is 8.13. The number of nitrogens with zero attached hydrogens (tertiary/aromatic N) is 3. The first-order valence-corrected chi connectivity index (χ1v) is 10.3. The van der Waals surface area contributed by atoms with Crippen molar-refractivity contribution in [2.75, 3.05) is 17.2 Å². The highest BCUT2D eigenvalue weighted by molar-refractivity contribution is 5.93. The van der Waals surface area contributed by atoms with Crippen molar-refractivity contribution in [3.8, 4) is 0 Å². The van der Waals surface area contributed by atoms with Crippen molar-refractivity contribution in [1.29, 1.82) is 0 Å². The molecule has 0 aliphatic heterocycles. The van der Waals surface area contributed by atoms with Gasteiger partial charge in [-0.15, -0.1) is 0 Å². The van der Waals surface area contributed by atoms with Gasteiger partial charge >= 0.3 is 0 Å². The van der Waals surface area contributed by atoms with Crippen molar-refractivity contribution in [1.82, 2.24) is 14.5 Å². The van der Waals surface area contributed by atoms with Crippen molar-refractivity contribution in [3.63, 3.8) is 0 Å². The van der Waals surface area contributed by atoms with E-state index in [4.69, 9.17) is 0 Å². The monoisotopic (exact) mass is 411 g/mol. The molecule has 1 saturated carbocycles. The third kappa shape index (κ3) is 4.06. The molecule has 4 N–H and O–H groups in total.